The Labute approximate surface area is 84.1 Å². The molecule has 0 nitrogen and oxygen atoms in total. The Hall–Kier alpha value is 0. The minimum atomic E-state index is 1.03. The molecule has 0 aromatic carbocycles. The van der Waals surface area contributed by atoms with E-state index in [4.69, 9.17) is 0 Å². The fourth-order valence-electron chi connectivity index (χ4n) is 2.36. The molecular formula is C13H25. The van der Waals surface area contributed by atoms with Crippen molar-refractivity contribution in [1.82, 2.24) is 0 Å². The normalized spacial score (nSPS) is 21.9. The quantitative estimate of drug-likeness (QED) is 0.590. The van der Waals surface area contributed by atoms with Gasteiger partial charge < -0.3 is 0 Å². The van der Waals surface area contributed by atoms with Crippen molar-refractivity contribution < 1.29 is 0 Å². The van der Waals surface area contributed by atoms with Gasteiger partial charge in [-0.2, -0.15) is 0 Å². The third-order valence-electron chi connectivity index (χ3n) is 3.26. The summed E-state index contributed by atoms with van der Waals surface area (Å²) in [7, 11) is 0. The van der Waals surface area contributed by atoms with E-state index in [1.807, 2.05) is 0 Å². The Kier molecular flexibility index (Phi) is 6.31. The standard InChI is InChI=1S/C13H25/c1-2-3-10-13-11-8-6-4-5-7-9-12-13/h3,13H,2,4-12H2,1H3. The zero-order valence-electron chi connectivity index (χ0n) is 9.23. The van der Waals surface area contributed by atoms with Gasteiger partial charge in [0.25, 0.3) is 0 Å². The Morgan fingerprint density at radius 3 is 2.00 bits per heavy atom. The van der Waals surface area contributed by atoms with Crippen molar-refractivity contribution in [2.24, 2.45) is 5.92 Å². The summed E-state index contributed by atoms with van der Waals surface area (Å²) in [5, 5.41) is 0. The summed E-state index contributed by atoms with van der Waals surface area (Å²) in [5.74, 6) is 1.03. The Bertz CT molecular complexity index is 96.6. The van der Waals surface area contributed by atoms with Crippen LogP contribution in [-0.4, -0.2) is 0 Å². The van der Waals surface area contributed by atoms with Gasteiger partial charge in [0.05, 0.1) is 0 Å². The highest BCUT2D eigenvalue weighted by atomic mass is 14.1. The molecule has 13 heavy (non-hydrogen) atoms. The van der Waals surface area contributed by atoms with E-state index in [0.29, 0.717) is 0 Å². The first-order valence-electron chi connectivity index (χ1n) is 6.25. The monoisotopic (exact) mass is 181 g/mol. The molecule has 1 radical (unpaired) electrons. The van der Waals surface area contributed by atoms with Gasteiger partial charge in [0.15, 0.2) is 0 Å². The van der Waals surface area contributed by atoms with E-state index in [2.05, 4.69) is 13.3 Å². The molecule has 0 aromatic rings. The lowest BCUT2D eigenvalue weighted by atomic mass is 9.92. The lowest BCUT2D eigenvalue weighted by Crippen LogP contribution is -2.00. The van der Waals surface area contributed by atoms with Crippen molar-refractivity contribution >= 4 is 0 Å². The molecule has 77 valence electrons. The van der Waals surface area contributed by atoms with Gasteiger partial charge in [0, 0.05) is 0 Å². The van der Waals surface area contributed by atoms with E-state index in [0.717, 1.165) is 5.92 Å². The van der Waals surface area contributed by atoms with Crippen LogP contribution in [0.15, 0.2) is 0 Å². The highest BCUT2D eigenvalue weighted by molar-refractivity contribution is 4.71. The van der Waals surface area contributed by atoms with Crippen molar-refractivity contribution in [1.29, 1.82) is 0 Å². The average Bonchev–Trinajstić information content (AvgIpc) is 2.28. The molecule has 1 saturated carbocycles. The van der Waals surface area contributed by atoms with Gasteiger partial charge >= 0.3 is 0 Å². The Morgan fingerprint density at radius 1 is 0.923 bits per heavy atom. The van der Waals surface area contributed by atoms with Crippen molar-refractivity contribution in [3.05, 3.63) is 6.42 Å². The topological polar surface area (TPSA) is 0 Å². The van der Waals surface area contributed by atoms with Crippen LogP contribution in [0.5, 0.6) is 0 Å². The smallest absolute Gasteiger partial charge is 0.0386 e. The van der Waals surface area contributed by atoms with Crippen LogP contribution in [0.2, 0.25) is 0 Å². The summed E-state index contributed by atoms with van der Waals surface area (Å²) in [4.78, 5) is 0. The molecule has 0 N–H and O–H groups in total. The number of hydrogen-bond donors (Lipinski definition) is 0. The fraction of sp³-hybridized carbons (Fsp3) is 0.923. The maximum absolute atomic E-state index is 2.47. The van der Waals surface area contributed by atoms with Crippen molar-refractivity contribution in [2.45, 2.75) is 71.1 Å². The summed E-state index contributed by atoms with van der Waals surface area (Å²) in [6.07, 6.45) is 17.0. The van der Waals surface area contributed by atoms with Crippen LogP contribution >= 0.6 is 0 Å². The minimum Gasteiger partial charge on any atom is -0.0651 e. The summed E-state index contributed by atoms with van der Waals surface area (Å²) >= 11 is 0. The summed E-state index contributed by atoms with van der Waals surface area (Å²) < 4.78 is 0. The molecule has 1 fully saturated rings. The van der Waals surface area contributed by atoms with E-state index < -0.39 is 0 Å². The maximum atomic E-state index is 2.47. The number of unbranched alkanes of at least 4 members (excludes halogenated alkanes) is 1. The van der Waals surface area contributed by atoms with E-state index in [-0.39, 0.29) is 0 Å². The number of rotatable bonds is 3. The van der Waals surface area contributed by atoms with Crippen LogP contribution in [0.1, 0.15) is 71.1 Å². The van der Waals surface area contributed by atoms with Crippen LogP contribution in [0.4, 0.5) is 0 Å². The average molecular weight is 181 g/mol. The third kappa shape index (κ3) is 5.33. The molecule has 0 unspecified atom stereocenters. The van der Waals surface area contributed by atoms with Crippen molar-refractivity contribution in [3.8, 4) is 0 Å². The Morgan fingerprint density at radius 2 is 1.46 bits per heavy atom. The third-order valence-corrected chi connectivity index (χ3v) is 3.26. The summed E-state index contributed by atoms with van der Waals surface area (Å²) in [6.45, 7) is 2.26. The maximum Gasteiger partial charge on any atom is -0.0386 e. The molecular weight excluding hydrogens is 156 g/mol. The van der Waals surface area contributed by atoms with Crippen LogP contribution in [-0.2, 0) is 0 Å². The van der Waals surface area contributed by atoms with Gasteiger partial charge in [0.2, 0.25) is 0 Å². The van der Waals surface area contributed by atoms with Gasteiger partial charge in [0.1, 0.15) is 0 Å². The molecule has 0 atom stereocenters. The van der Waals surface area contributed by atoms with Crippen LogP contribution < -0.4 is 0 Å². The second-order valence-electron chi connectivity index (χ2n) is 4.50. The van der Waals surface area contributed by atoms with Crippen LogP contribution in [0.3, 0.4) is 0 Å². The molecule has 0 heteroatoms. The van der Waals surface area contributed by atoms with Gasteiger partial charge in [-0.25, -0.2) is 0 Å². The first-order valence-corrected chi connectivity index (χ1v) is 6.25. The predicted molar refractivity (Wildman–Crippen MR) is 59.6 cm³/mol. The molecule has 1 aliphatic rings. The largest absolute Gasteiger partial charge is 0.0651 e. The fourth-order valence-corrected chi connectivity index (χ4v) is 2.36. The van der Waals surface area contributed by atoms with Gasteiger partial charge in [-0.15, -0.1) is 0 Å². The molecule has 0 aromatic heterocycles. The highest BCUT2D eigenvalue weighted by Crippen LogP contribution is 2.25. The van der Waals surface area contributed by atoms with Crippen molar-refractivity contribution in [3.63, 3.8) is 0 Å². The lowest BCUT2D eigenvalue weighted by Gasteiger charge is -2.14. The first kappa shape index (κ1) is 11.1. The molecule has 1 aliphatic carbocycles. The second kappa shape index (κ2) is 7.41. The zero-order valence-corrected chi connectivity index (χ0v) is 9.23. The van der Waals surface area contributed by atoms with E-state index >= 15 is 0 Å². The van der Waals surface area contributed by atoms with E-state index in [9.17, 15) is 0 Å². The van der Waals surface area contributed by atoms with Gasteiger partial charge in [-0.3, -0.25) is 0 Å². The van der Waals surface area contributed by atoms with E-state index in [1.54, 1.807) is 0 Å². The minimum absolute atomic E-state index is 1.03. The molecule has 0 spiro atoms. The molecule has 0 heterocycles. The second-order valence-corrected chi connectivity index (χ2v) is 4.50. The molecule has 0 bridgehead atoms. The van der Waals surface area contributed by atoms with Crippen molar-refractivity contribution in [2.75, 3.05) is 0 Å². The van der Waals surface area contributed by atoms with Gasteiger partial charge in [-0.05, 0) is 18.8 Å². The van der Waals surface area contributed by atoms with Gasteiger partial charge in [-0.1, -0.05) is 64.7 Å². The SMILES string of the molecule is CC[CH]CC1CCCCCCCC1. The highest BCUT2D eigenvalue weighted by Gasteiger charge is 2.09. The van der Waals surface area contributed by atoms with Crippen LogP contribution in [0.25, 0.3) is 0 Å². The van der Waals surface area contributed by atoms with E-state index in [1.165, 1.54) is 64.2 Å². The predicted octanol–water partition coefficient (Wildman–Crippen LogP) is 4.74. The Balaban J connectivity index is 2.16. The molecule has 0 amide bonds. The lowest BCUT2D eigenvalue weighted by molar-refractivity contribution is 0.419. The first-order chi connectivity index (χ1) is 6.43. The molecule has 1 rings (SSSR count). The summed E-state index contributed by atoms with van der Waals surface area (Å²) in [5.41, 5.74) is 0. The zero-order chi connectivity index (χ0) is 9.36. The summed E-state index contributed by atoms with van der Waals surface area (Å²) in [6, 6.07) is 0. The van der Waals surface area contributed by atoms with Crippen LogP contribution in [0, 0.1) is 12.3 Å². The molecule has 0 saturated heterocycles. The number of hydrogen-bond acceptors (Lipinski definition) is 0. The molecule has 0 aliphatic heterocycles.